The molecule has 0 nitrogen and oxygen atoms in total. The van der Waals surface area contributed by atoms with Crippen molar-refractivity contribution in [3.63, 3.8) is 0 Å². The van der Waals surface area contributed by atoms with Crippen molar-refractivity contribution in [2.45, 2.75) is 77.6 Å². The van der Waals surface area contributed by atoms with Gasteiger partial charge in [0, 0.05) is 5.41 Å². The number of allylic oxidation sites excluding steroid dienone is 4. The summed E-state index contributed by atoms with van der Waals surface area (Å²) in [6, 6.07) is 19.0. The Morgan fingerprint density at radius 1 is 0.744 bits per heavy atom. The van der Waals surface area contributed by atoms with Gasteiger partial charge < -0.3 is 0 Å². The lowest BCUT2D eigenvalue weighted by molar-refractivity contribution is 0.419. The first kappa shape index (κ1) is 23.5. The van der Waals surface area contributed by atoms with E-state index in [1.807, 2.05) is 0 Å². The van der Waals surface area contributed by atoms with Crippen LogP contribution in [0.2, 0.25) is 0 Å². The van der Waals surface area contributed by atoms with Gasteiger partial charge in [-0.25, -0.2) is 0 Å². The van der Waals surface area contributed by atoms with Crippen LogP contribution in [0.3, 0.4) is 0 Å². The summed E-state index contributed by atoms with van der Waals surface area (Å²) in [5.74, 6) is 0.556. The van der Waals surface area contributed by atoms with Crippen LogP contribution in [0.4, 0.5) is 0 Å². The van der Waals surface area contributed by atoms with Crippen LogP contribution in [0.1, 0.15) is 93.2 Å². The lowest BCUT2D eigenvalue weighted by Crippen LogP contribution is -2.35. The molecule has 0 aliphatic heterocycles. The number of benzene rings is 3. The maximum absolute atomic E-state index is 2.62. The van der Waals surface area contributed by atoms with E-state index >= 15 is 0 Å². The molecule has 0 saturated heterocycles. The zero-order chi connectivity index (χ0) is 26.7. The summed E-state index contributed by atoms with van der Waals surface area (Å²) in [6.07, 6.45) is 15.7. The molecule has 0 radical (unpaired) electrons. The third-order valence-corrected chi connectivity index (χ3v) is 10.9. The van der Waals surface area contributed by atoms with Crippen LogP contribution in [0, 0.1) is 12.8 Å². The van der Waals surface area contributed by atoms with Gasteiger partial charge in [0.05, 0.1) is 0 Å². The Bertz CT molecular complexity index is 1930. The smallest absolute Gasteiger partial charge is 0.0155 e. The van der Waals surface area contributed by atoms with E-state index in [0.717, 1.165) is 32.1 Å². The lowest BCUT2D eigenvalue weighted by atomic mass is 9.74. The van der Waals surface area contributed by atoms with E-state index in [4.69, 9.17) is 0 Å². The van der Waals surface area contributed by atoms with Crippen LogP contribution < -0.4 is 20.9 Å². The molecule has 0 amide bonds. The largest absolute Gasteiger partial charge is 0.0761 e. The van der Waals surface area contributed by atoms with E-state index in [1.165, 1.54) is 54.3 Å². The van der Waals surface area contributed by atoms with Crippen molar-refractivity contribution in [2.75, 3.05) is 0 Å². The zero-order valence-electron chi connectivity index (χ0n) is 24.0. The second-order valence-corrected chi connectivity index (χ2v) is 13.6. The van der Waals surface area contributed by atoms with Gasteiger partial charge in [0.15, 0.2) is 0 Å². The molecule has 0 heteroatoms. The fourth-order valence-electron chi connectivity index (χ4n) is 8.66. The molecule has 194 valence electrons. The monoisotopic (exact) mass is 506 g/mol. The Labute approximate surface area is 232 Å². The third-order valence-electron chi connectivity index (χ3n) is 10.9. The second kappa shape index (κ2) is 7.85. The van der Waals surface area contributed by atoms with Gasteiger partial charge >= 0.3 is 0 Å². The summed E-state index contributed by atoms with van der Waals surface area (Å²) >= 11 is 0. The summed E-state index contributed by atoms with van der Waals surface area (Å²) in [7, 11) is 0. The number of hydrogen-bond donors (Lipinski definition) is 0. The van der Waals surface area contributed by atoms with E-state index in [1.54, 1.807) is 22.3 Å². The van der Waals surface area contributed by atoms with Crippen molar-refractivity contribution in [2.24, 2.45) is 5.92 Å². The molecule has 5 aliphatic rings. The fraction of sp³-hybridized carbons (Fsp3) is 0.333. The normalized spacial score (nSPS) is 22.7. The molecule has 8 rings (SSSR count). The van der Waals surface area contributed by atoms with Gasteiger partial charge in [-0.15, -0.1) is 0 Å². The average molecular weight is 507 g/mol. The molecule has 0 saturated carbocycles. The molecule has 5 aliphatic carbocycles. The van der Waals surface area contributed by atoms with Crippen molar-refractivity contribution in [1.82, 2.24) is 0 Å². The van der Waals surface area contributed by atoms with Gasteiger partial charge in [0.2, 0.25) is 0 Å². The Hall–Kier alpha value is -3.38. The van der Waals surface area contributed by atoms with E-state index in [2.05, 4.69) is 107 Å². The second-order valence-electron chi connectivity index (χ2n) is 13.6. The summed E-state index contributed by atoms with van der Waals surface area (Å²) in [4.78, 5) is 0. The minimum atomic E-state index is 0.00899. The number of hydrogen-bond acceptors (Lipinski definition) is 0. The SMILES string of the molecule is Cc1ccc(C2=CC3=C(CC2)c2cc4c(cc2C3(C)C)C2=c3ccccc3=CCC2C4(C)C)c2c1=CCCC=2. The molecule has 0 aromatic heterocycles. The highest BCUT2D eigenvalue weighted by atomic mass is 14.5. The minimum Gasteiger partial charge on any atom is -0.0761 e. The predicted octanol–water partition coefficient (Wildman–Crippen LogP) is 6.56. The molecular formula is C39H38. The van der Waals surface area contributed by atoms with E-state index in [0.29, 0.717) is 5.92 Å². The van der Waals surface area contributed by atoms with Crippen molar-refractivity contribution in [1.29, 1.82) is 0 Å². The lowest BCUT2D eigenvalue weighted by Gasteiger charge is -2.29. The topological polar surface area (TPSA) is 0 Å². The van der Waals surface area contributed by atoms with Crippen LogP contribution >= 0.6 is 0 Å². The Morgan fingerprint density at radius 3 is 2.36 bits per heavy atom. The predicted molar refractivity (Wildman–Crippen MR) is 166 cm³/mol. The standard InChI is InChI=1S/C39H38/c1-23-14-17-27(29-13-9-8-11-26(23)29)25-15-18-30-31-21-36-32(22-35(31)39(4,5)34(30)20-25)37-28-12-7-6-10-24(28)16-19-33(37)38(36,2)3/h6-7,10-14,16-17,20-22,33H,8-9,15,18-19H2,1-5H3. The van der Waals surface area contributed by atoms with E-state index in [9.17, 15) is 0 Å². The molecule has 1 unspecified atom stereocenters. The first-order valence-electron chi connectivity index (χ1n) is 15.0. The molecule has 1 atom stereocenters. The molecule has 3 aromatic rings. The van der Waals surface area contributed by atoms with Gasteiger partial charge in [-0.3, -0.25) is 0 Å². The molecule has 0 bridgehead atoms. The van der Waals surface area contributed by atoms with Gasteiger partial charge in [-0.05, 0) is 139 Å². The van der Waals surface area contributed by atoms with Gasteiger partial charge in [-0.2, -0.15) is 0 Å². The van der Waals surface area contributed by atoms with E-state index in [-0.39, 0.29) is 10.8 Å². The van der Waals surface area contributed by atoms with Crippen molar-refractivity contribution in [3.8, 4) is 0 Å². The zero-order valence-corrected chi connectivity index (χ0v) is 24.0. The van der Waals surface area contributed by atoms with Gasteiger partial charge in [-0.1, -0.05) is 88.4 Å². The first-order chi connectivity index (χ1) is 18.8. The molecule has 0 fully saturated rings. The molecule has 3 aromatic carbocycles. The summed E-state index contributed by atoms with van der Waals surface area (Å²) in [5, 5.41) is 5.80. The molecular weight excluding hydrogens is 468 g/mol. The highest BCUT2D eigenvalue weighted by molar-refractivity contribution is 5.91. The number of fused-ring (bicyclic) bond motifs is 7. The Balaban J connectivity index is 1.33. The minimum absolute atomic E-state index is 0.00899. The highest BCUT2D eigenvalue weighted by Gasteiger charge is 2.46. The number of aryl methyl sites for hydroxylation is 1. The maximum Gasteiger partial charge on any atom is 0.0155 e. The van der Waals surface area contributed by atoms with Gasteiger partial charge in [0.1, 0.15) is 0 Å². The molecule has 0 N–H and O–H groups in total. The van der Waals surface area contributed by atoms with Crippen LogP contribution in [0.15, 0.2) is 60.2 Å². The van der Waals surface area contributed by atoms with Crippen LogP contribution in [0.25, 0.3) is 34.9 Å². The fourth-order valence-corrected chi connectivity index (χ4v) is 8.66. The summed E-state index contributed by atoms with van der Waals surface area (Å²) in [5.41, 5.74) is 15.4. The Kier molecular flexibility index (Phi) is 4.73. The maximum atomic E-state index is 2.62. The Morgan fingerprint density at radius 2 is 1.51 bits per heavy atom. The van der Waals surface area contributed by atoms with Gasteiger partial charge in [0.25, 0.3) is 0 Å². The van der Waals surface area contributed by atoms with E-state index < -0.39 is 0 Å². The van der Waals surface area contributed by atoms with Crippen molar-refractivity contribution in [3.05, 3.63) is 114 Å². The van der Waals surface area contributed by atoms with Crippen molar-refractivity contribution >= 4 is 34.9 Å². The van der Waals surface area contributed by atoms with Crippen molar-refractivity contribution < 1.29 is 0 Å². The average Bonchev–Trinajstić information content (AvgIpc) is 3.31. The van der Waals surface area contributed by atoms with Crippen LogP contribution in [-0.4, -0.2) is 0 Å². The molecule has 0 spiro atoms. The summed E-state index contributed by atoms with van der Waals surface area (Å²) < 4.78 is 0. The quantitative estimate of drug-likeness (QED) is 0.351. The molecule has 0 heterocycles. The third kappa shape index (κ3) is 3.07. The van der Waals surface area contributed by atoms with Crippen LogP contribution in [-0.2, 0) is 10.8 Å². The number of rotatable bonds is 1. The highest BCUT2D eigenvalue weighted by Crippen LogP contribution is 2.57. The summed E-state index contributed by atoms with van der Waals surface area (Å²) in [6.45, 7) is 12.2. The first-order valence-corrected chi connectivity index (χ1v) is 15.0. The molecule has 39 heavy (non-hydrogen) atoms. The van der Waals surface area contributed by atoms with Crippen LogP contribution in [0.5, 0.6) is 0 Å².